The first-order valence-corrected chi connectivity index (χ1v) is 8.42. The molecule has 0 aromatic heterocycles. The maximum atomic E-state index is 6.08. The molecule has 2 nitrogen and oxygen atoms in total. The van der Waals surface area contributed by atoms with E-state index in [1.807, 2.05) is 43.3 Å². The number of halogens is 1. The molecule has 0 spiro atoms. The molecule has 2 aromatic rings. The lowest BCUT2D eigenvalue weighted by Gasteiger charge is -2.13. The number of hydrogen-bond acceptors (Lipinski definition) is 2. The summed E-state index contributed by atoms with van der Waals surface area (Å²) in [7, 11) is 0. The number of anilines is 1. The molecule has 5 heteroatoms. The minimum atomic E-state index is 0.619. The summed E-state index contributed by atoms with van der Waals surface area (Å²) in [5.74, 6) is 0.959. The number of thiocarbonyl (C=S) groups is 1. The maximum absolute atomic E-state index is 6.08. The van der Waals surface area contributed by atoms with E-state index in [2.05, 4.69) is 22.8 Å². The monoisotopic (exact) mass is 336 g/mol. The number of rotatable bonds is 5. The van der Waals surface area contributed by atoms with Crippen LogP contribution in [0.5, 0.6) is 0 Å². The van der Waals surface area contributed by atoms with E-state index in [1.165, 1.54) is 4.90 Å². The lowest BCUT2D eigenvalue weighted by molar-refractivity contribution is 0.989. The molecule has 0 aliphatic rings. The van der Waals surface area contributed by atoms with Gasteiger partial charge in [0.25, 0.3) is 0 Å². The molecule has 0 saturated carbocycles. The Hall–Kier alpha value is -1.23. The van der Waals surface area contributed by atoms with Crippen LogP contribution in [0.4, 0.5) is 5.69 Å². The summed E-state index contributed by atoms with van der Waals surface area (Å²) >= 11 is 13.2. The lowest BCUT2D eigenvalue weighted by atomic mass is 10.2. The summed E-state index contributed by atoms with van der Waals surface area (Å²) in [4.78, 5) is 1.27. The minimum Gasteiger partial charge on any atom is -0.362 e. The van der Waals surface area contributed by atoms with E-state index in [4.69, 9.17) is 23.8 Å². The molecule has 2 rings (SSSR count). The maximum Gasteiger partial charge on any atom is 0.170 e. The van der Waals surface area contributed by atoms with Gasteiger partial charge in [-0.3, -0.25) is 0 Å². The third-order valence-corrected chi connectivity index (χ3v) is 4.59. The first-order valence-electron chi connectivity index (χ1n) is 6.64. The van der Waals surface area contributed by atoms with E-state index >= 15 is 0 Å². The Kier molecular flexibility index (Phi) is 6.36. The molecule has 0 saturated heterocycles. The van der Waals surface area contributed by atoms with Crippen molar-refractivity contribution in [2.75, 3.05) is 17.6 Å². The molecule has 2 aromatic carbocycles. The van der Waals surface area contributed by atoms with E-state index in [0.29, 0.717) is 5.11 Å². The third kappa shape index (κ3) is 5.23. The Morgan fingerprint density at radius 1 is 1.14 bits per heavy atom. The van der Waals surface area contributed by atoms with Crippen LogP contribution in [0.15, 0.2) is 53.4 Å². The smallest absolute Gasteiger partial charge is 0.170 e. The normalized spacial score (nSPS) is 10.2. The molecule has 0 unspecified atom stereocenters. The zero-order valence-electron chi connectivity index (χ0n) is 11.7. The number of nitrogens with one attached hydrogen (secondary N) is 2. The van der Waals surface area contributed by atoms with Crippen molar-refractivity contribution >= 4 is 46.4 Å². The van der Waals surface area contributed by atoms with Crippen molar-refractivity contribution in [2.24, 2.45) is 0 Å². The zero-order chi connectivity index (χ0) is 15.1. The van der Waals surface area contributed by atoms with Gasteiger partial charge < -0.3 is 10.6 Å². The van der Waals surface area contributed by atoms with Crippen LogP contribution >= 0.6 is 35.6 Å². The standard InChI is InChI=1S/C16H17ClN2S2/c1-12-14(17)8-5-9-15(12)19-16(20)18-10-11-21-13-6-3-2-4-7-13/h2-9H,10-11H2,1H3,(H2,18,19,20). The van der Waals surface area contributed by atoms with Gasteiger partial charge in [-0.2, -0.15) is 0 Å². The van der Waals surface area contributed by atoms with Crippen LogP contribution in [0.25, 0.3) is 0 Å². The van der Waals surface area contributed by atoms with Crippen molar-refractivity contribution in [1.82, 2.24) is 5.32 Å². The molecule has 0 aliphatic heterocycles. The second-order valence-electron chi connectivity index (χ2n) is 4.45. The van der Waals surface area contributed by atoms with Gasteiger partial charge in [-0.1, -0.05) is 35.9 Å². The van der Waals surface area contributed by atoms with Gasteiger partial charge >= 0.3 is 0 Å². The van der Waals surface area contributed by atoms with Crippen molar-refractivity contribution in [3.05, 3.63) is 59.1 Å². The predicted octanol–water partition coefficient (Wildman–Crippen LogP) is 4.73. The Labute approximate surface area is 140 Å². The summed E-state index contributed by atoms with van der Waals surface area (Å²) in [5, 5.41) is 7.74. The predicted molar refractivity (Wildman–Crippen MR) is 97.6 cm³/mol. The molecule has 0 radical (unpaired) electrons. The topological polar surface area (TPSA) is 24.1 Å². The molecule has 0 fully saturated rings. The van der Waals surface area contributed by atoms with E-state index in [1.54, 1.807) is 11.8 Å². The average molecular weight is 337 g/mol. The molecule has 0 aliphatic carbocycles. The Bertz CT molecular complexity index is 602. The summed E-state index contributed by atoms with van der Waals surface area (Å²) < 4.78 is 0. The highest BCUT2D eigenvalue weighted by molar-refractivity contribution is 7.99. The van der Waals surface area contributed by atoms with Crippen LogP contribution in [0.1, 0.15) is 5.56 Å². The number of hydrogen-bond donors (Lipinski definition) is 2. The largest absolute Gasteiger partial charge is 0.362 e. The molecule has 0 atom stereocenters. The second-order valence-corrected chi connectivity index (χ2v) is 6.44. The summed E-state index contributed by atoms with van der Waals surface area (Å²) in [6, 6.07) is 16.1. The third-order valence-electron chi connectivity index (χ3n) is 2.92. The van der Waals surface area contributed by atoms with Gasteiger partial charge in [0.1, 0.15) is 0 Å². The van der Waals surface area contributed by atoms with E-state index in [0.717, 1.165) is 28.6 Å². The van der Waals surface area contributed by atoms with Crippen LogP contribution < -0.4 is 10.6 Å². The van der Waals surface area contributed by atoms with Gasteiger partial charge in [-0.25, -0.2) is 0 Å². The molecule has 0 bridgehead atoms. The molecular formula is C16H17ClN2S2. The quantitative estimate of drug-likeness (QED) is 0.468. The number of benzene rings is 2. The minimum absolute atomic E-state index is 0.619. The Morgan fingerprint density at radius 3 is 2.67 bits per heavy atom. The van der Waals surface area contributed by atoms with Gasteiger partial charge in [0.15, 0.2) is 5.11 Å². The lowest BCUT2D eigenvalue weighted by Crippen LogP contribution is -2.30. The van der Waals surface area contributed by atoms with Gasteiger partial charge in [0.2, 0.25) is 0 Å². The fourth-order valence-corrected chi connectivity index (χ4v) is 2.94. The fourth-order valence-electron chi connectivity index (χ4n) is 1.76. The van der Waals surface area contributed by atoms with E-state index in [-0.39, 0.29) is 0 Å². The van der Waals surface area contributed by atoms with E-state index in [9.17, 15) is 0 Å². The van der Waals surface area contributed by atoms with Crippen LogP contribution in [0.2, 0.25) is 5.02 Å². The molecule has 2 N–H and O–H groups in total. The van der Waals surface area contributed by atoms with Crippen molar-refractivity contribution in [3.63, 3.8) is 0 Å². The van der Waals surface area contributed by atoms with Crippen LogP contribution in [-0.4, -0.2) is 17.4 Å². The second kappa shape index (κ2) is 8.27. The Balaban J connectivity index is 1.74. The first-order chi connectivity index (χ1) is 10.2. The van der Waals surface area contributed by atoms with Crippen LogP contribution in [-0.2, 0) is 0 Å². The zero-order valence-corrected chi connectivity index (χ0v) is 14.1. The highest BCUT2D eigenvalue weighted by Crippen LogP contribution is 2.22. The summed E-state index contributed by atoms with van der Waals surface area (Å²) in [6.07, 6.45) is 0. The van der Waals surface area contributed by atoms with Crippen molar-refractivity contribution in [2.45, 2.75) is 11.8 Å². The molecule has 0 heterocycles. The SMILES string of the molecule is Cc1c(Cl)cccc1NC(=S)NCCSc1ccccc1. The van der Waals surface area contributed by atoms with Gasteiger partial charge in [0, 0.05) is 27.9 Å². The van der Waals surface area contributed by atoms with Crippen LogP contribution in [0.3, 0.4) is 0 Å². The molecule has 110 valence electrons. The number of thioether (sulfide) groups is 1. The van der Waals surface area contributed by atoms with Gasteiger partial charge in [0.05, 0.1) is 0 Å². The van der Waals surface area contributed by atoms with Crippen molar-refractivity contribution < 1.29 is 0 Å². The van der Waals surface area contributed by atoms with Crippen molar-refractivity contribution in [1.29, 1.82) is 0 Å². The van der Waals surface area contributed by atoms with Gasteiger partial charge in [-0.15, -0.1) is 11.8 Å². The van der Waals surface area contributed by atoms with Gasteiger partial charge in [-0.05, 0) is 49.0 Å². The van der Waals surface area contributed by atoms with Crippen molar-refractivity contribution in [3.8, 4) is 0 Å². The Morgan fingerprint density at radius 2 is 1.90 bits per heavy atom. The van der Waals surface area contributed by atoms with Crippen LogP contribution in [0, 0.1) is 6.92 Å². The summed E-state index contributed by atoms with van der Waals surface area (Å²) in [6.45, 7) is 2.78. The highest BCUT2D eigenvalue weighted by Gasteiger charge is 2.03. The fraction of sp³-hybridized carbons (Fsp3) is 0.188. The van der Waals surface area contributed by atoms with E-state index < -0.39 is 0 Å². The molecule has 21 heavy (non-hydrogen) atoms. The first kappa shape index (κ1) is 16.1. The molecular weight excluding hydrogens is 320 g/mol. The highest BCUT2D eigenvalue weighted by atomic mass is 35.5. The average Bonchev–Trinajstić information content (AvgIpc) is 2.49. The molecule has 0 amide bonds. The summed E-state index contributed by atoms with van der Waals surface area (Å²) in [5.41, 5.74) is 1.94.